The predicted molar refractivity (Wildman–Crippen MR) is 111 cm³/mol. The van der Waals surface area contributed by atoms with Gasteiger partial charge in [-0.15, -0.1) is 0 Å². The Morgan fingerprint density at radius 3 is 2.86 bits per heavy atom. The fraction of sp³-hybridized carbons (Fsp3) is 0.444. The molecular weight excluding hydrogens is 378 g/mol. The van der Waals surface area contributed by atoms with Gasteiger partial charge in [-0.05, 0) is 43.1 Å². The highest BCUT2D eigenvalue weighted by Crippen LogP contribution is 2.34. The van der Waals surface area contributed by atoms with Gasteiger partial charge in [-0.1, -0.05) is 0 Å². The van der Waals surface area contributed by atoms with Crippen LogP contribution in [0.2, 0.25) is 0 Å². The van der Waals surface area contributed by atoms with E-state index in [9.17, 15) is 4.79 Å². The van der Waals surface area contributed by atoms with Crippen molar-refractivity contribution >= 4 is 30.0 Å². The molecule has 2 atom stereocenters. The number of anilines is 1. The maximum atomic E-state index is 12.7. The molecule has 10 heteroatoms. The Kier molecular flexibility index (Phi) is 5.33. The van der Waals surface area contributed by atoms with E-state index in [-0.39, 0.29) is 17.4 Å². The number of hydrogen-bond acceptors (Lipinski definition) is 8. The van der Waals surface area contributed by atoms with Gasteiger partial charge in [0.25, 0.3) is 0 Å². The molecule has 28 heavy (non-hydrogen) atoms. The van der Waals surface area contributed by atoms with Crippen LogP contribution in [-0.2, 0) is 0 Å². The monoisotopic (exact) mass is 403 g/mol. The molecule has 2 saturated heterocycles. The molecule has 2 fully saturated rings. The number of carbonyl (C=O) groups excluding carboxylic acids is 1. The molecule has 4 rings (SSSR count). The van der Waals surface area contributed by atoms with Gasteiger partial charge in [-0.25, -0.2) is 9.79 Å². The van der Waals surface area contributed by atoms with Crippen molar-refractivity contribution < 1.29 is 9.53 Å². The molecule has 3 aliphatic heterocycles. The summed E-state index contributed by atoms with van der Waals surface area (Å²) in [5.41, 5.74) is 1.95. The fourth-order valence-corrected chi connectivity index (χ4v) is 4.56. The third-order valence-corrected chi connectivity index (χ3v) is 6.14. The number of hydrazine groups is 1. The van der Waals surface area contributed by atoms with Crippen LogP contribution in [0.4, 0.5) is 10.5 Å². The molecule has 0 bridgehead atoms. The summed E-state index contributed by atoms with van der Waals surface area (Å²) in [7, 11) is 1.62. The van der Waals surface area contributed by atoms with E-state index in [1.165, 1.54) is 5.57 Å². The zero-order chi connectivity index (χ0) is 19.7. The second-order valence-electron chi connectivity index (χ2n) is 6.98. The van der Waals surface area contributed by atoms with Gasteiger partial charge >= 0.3 is 6.03 Å². The number of nitrogens with zero attached hydrogens (tertiary/aromatic N) is 4. The van der Waals surface area contributed by atoms with Gasteiger partial charge in [0.05, 0.1) is 20.0 Å². The van der Waals surface area contributed by atoms with Gasteiger partial charge < -0.3 is 25.2 Å². The second kappa shape index (κ2) is 7.90. The Labute approximate surface area is 168 Å². The van der Waals surface area contributed by atoms with Crippen LogP contribution in [0.25, 0.3) is 0 Å². The lowest BCUT2D eigenvalue weighted by Crippen LogP contribution is -2.54. The molecule has 1 aromatic rings. The van der Waals surface area contributed by atoms with Crippen LogP contribution in [-0.4, -0.2) is 71.3 Å². The molecule has 0 radical (unpaired) electrons. The van der Waals surface area contributed by atoms with Gasteiger partial charge in [0.15, 0.2) is 0 Å². The Balaban J connectivity index is 1.40. The molecule has 4 N–H and O–H groups in total. The van der Waals surface area contributed by atoms with Crippen LogP contribution in [0.3, 0.4) is 0 Å². The first-order valence-electron chi connectivity index (χ1n) is 9.22. The molecule has 1 unspecified atom stereocenters. The molecule has 1 aromatic carbocycles. The summed E-state index contributed by atoms with van der Waals surface area (Å²) in [6, 6.07) is 7.40. The minimum absolute atomic E-state index is 0.0921. The number of amides is 2. The zero-order valence-corrected chi connectivity index (χ0v) is 16.8. The summed E-state index contributed by atoms with van der Waals surface area (Å²) >= 11 is 1.57. The number of fused-ring (bicyclic) bond motifs is 1. The molecule has 0 aliphatic carbocycles. The van der Waals surface area contributed by atoms with Crippen molar-refractivity contribution in [3.63, 3.8) is 0 Å². The van der Waals surface area contributed by atoms with E-state index in [0.717, 1.165) is 23.8 Å². The lowest BCUT2D eigenvalue weighted by Gasteiger charge is -2.42. The minimum atomic E-state index is -0.0921. The SMILES string of the molecule is COc1ccc(NC(=O)N2CCN(C3=C4CN(N)SC4NC=N3)[C@@H](C)C2)cc1. The van der Waals surface area contributed by atoms with Gasteiger partial charge in [0, 0.05) is 36.9 Å². The lowest BCUT2D eigenvalue weighted by atomic mass is 10.1. The molecule has 0 spiro atoms. The molecule has 2 amide bonds. The Morgan fingerprint density at radius 1 is 1.36 bits per heavy atom. The quantitative estimate of drug-likeness (QED) is 0.516. The number of ether oxygens (including phenoxy) is 1. The fourth-order valence-electron chi connectivity index (χ4n) is 3.65. The Hall–Kier alpha value is -2.43. The average molecular weight is 404 g/mol. The Bertz CT molecular complexity index is 798. The maximum Gasteiger partial charge on any atom is 0.321 e. The number of rotatable bonds is 3. The molecule has 3 heterocycles. The first-order valence-corrected chi connectivity index (χ1v) is 10.1. The standard InChI is InChI=1S/C18H25N7O2S/c1-12-9-23(18(26)22-13-3-5-14(27-2)6-4-13)7-8-24(12)16-15-10-25(19)28-17(15)21-11-20-16/h3-6,11-12,17H,7-10,19H2,1-2H3,(H,20,21)(H,22,26)/t12-,17?/m0/s1. The molecule has 3 aliphatic rings. The van der Waals surface area contributed by atoms with Crippen LogP contribution < -0.4 is 21.2 Å². The van der Waals surface area contributed by atoms with Crippen molar-refractivity contribution in [2.45, 2.75) is 18.3 Å². The van der Waals surface area contributed by atoms with E-state index in [4.69, 9.17) is 10.6 Å². The third kappa shape index (κ3) is 3.75. The highest BCUT2D eigenvalue weighted by molar-refractivity contribution is 7.98. The summed E-state index contributed by atoms with van der Waals surface area (Å²) in [6.07, 6.45) is 1.74. The van der Waals surface area contributed by atoms with Crippen molar-refractivity contribution in [3.8, 4) is 5.75 Å². The number of urea groups is 1. The number of aliphatic imine (C=N–C) groups is 1. The topological polar surface area (TPSA) is 98.5 Å². The van der Waals surface area contributed by atoms with Gasteiger partial charge in [0.1, 0.15) is 16.9 Å². The molecule has 9 nitrogen and oxygen atoms in total. The lowest BCUT2D eigenvalue weighted by molar-refractivity contribution is 0.127. The van der Waals surface area contributed by atoms with Gasteiger partial charge in [-0.2, -0.15) is 4.41 Å². The number of nitrogens with two attached hydrogens (primary N) is 1. The summed E-state index contributed by atoms with van der Waals surface area (Å²) in [6.45, 7) is 4.80. The van der Waals surface area contributed by atoms with Crippen molar-refractivity contribution in [1.82, 2.24) is 19.5 Å². The van der Waals surface area contributed by atoms with E-state index in [1.807, 2.05) is 29.2 Å². The first kappa shape index (κ1) is 18.9. The van der Waals surface area contributed by atoms with Crippen LogP contribution in [0.5, 0.6) is 5.75 Å². The number of methoxy groups -OCH3 is 1. The molecule has 0 saturated carbocycles. The predicted octanol–water partition coefficient (Wildman–Crippen LogP) is 1.24. The van der Waals surface area contributed by atoms with Crippen LogP contribution in [0, 0.1) is 0 Å². The summed E-state index contributed by atoms with van der Waals surface area (Å²) < 4.78 is 6.88. The second-order valence-corrected chi connectivity index (χ2v) is 8.13. The van der Waals surface area contributed by atoms with Crippen molar-refractivity contribution in [2.24, 2.45) is 10.8 Å². The minimum Gasteiger partial charge on any atom is -0.497 e. The Morgan fingerprint density at radius 2 is 2.14 bits per heavy atom. The van der Waals surface area contributed by atoms with Gasteiger partial charge in [0.2, 0.25) is 0 Å². The van der Waals surface area contributed by atoms with Crippen LogP contribution in [0.1, 0.15) is 6.92 Å². The van der Waals surface area contributed by atoms with Crippen molar-refractivity contribution in [1.29, 1.82) is 0 Å². The van der Waals surface area contributed by atoms with E-state index >= 15 is 0 Å². The smallest absolute Gasteiger partial charge is 0.321 e. The first-order chi connectivity index (χ1) is 13.5. The van der Waals surface area contributed by atoms with E-state index in [1.54, 1.807) is 29.8 Å². The normalized spacial score (nSPS) is 24.8. The summed E-state index contributed by atoms with van der Waals surface area (Å²) in [5.74, 6) is 7.69. The highest BCUT2D eigenvalue weighted by atomic mass is 32.2. The van der Waals surface area contributed by atoms with E-state index in [0.29, 0.717) is 19.6 Å². The molecular formula is C18H25N7O2S. The third-order valence-electron chi connectivity index (χ3n) is 5.11. The maximum absolute atomic E-state index is 12.7. The average Bonchev–Trinajstić information content (AvgIpc) is 3.09. The number of piperazine rings is 1. The van der Waals surface area contributed by atoms with Crippen LogP contribution >= 0.6 is 11.9 Å². The molecule has 150 valence electrons. The number of benzene rings is 1. The van der Waals surface area contributed by atoms with Crippen LogP contribution in [0.15, 0.2) is 40.7 Å². The number of hydrogen-bond donors (Lipinski definition) is 3. The number of carbonyl (C=O) groups is 1. The zero-order valence-electron chi connectivity index (χ0n) is 16.0. The van der Waals surface area contributed by atoms with Crippen molar-refractivity contribution in [3.05, 3.63) is 35.7 Å². The number of nitrogens with one attached hydrogen (secondary N) is 2. The molecule has 0 aromatic heterocycles. The van der Waals surface area contributed by atoms with E-state index in [2.05, 4.69) is 27.4 Å². The largest absolute Gasteiger partial charge is 0.497 e. The summed E-state index contributed by atoms with van der Waals surface area (Å²) in [4.78, 5) is 21.4. The van der Waals surface area contributed by atoms with Gasteiger partial charge in [-0.3, -0.25) is 5.84 Å². The highest BCUT2D eigenvalue weighted by Gasteiger charge is 2.36. The van der Waals surface area contributed by atoms with E-state index < -0.39 is 0 Å². The van der Waals surface area contributed by atoms with Crippen molar-refractivity contribution in [2.75, 3.05) is 38.6 Å². The summed E-state index contributed by atoms with van der Waals surface area (Å²) in [5, 5.41) is 6.33.